The van der Waals surface area contributed by atoms with Crippen LogP contribution in [0, 0.1) is 0 Å². The van der Waals surface area contributed by atoms with Gasteiger partial charge in [0.05, 0.1) is 9.06 Å². The maximum atomic E-state index is 12.8. The molecular formula is C28H16N6O4S2. The lowest BCUT2D eigenvalue weighted by Crippen LogP contribution is -2.23. The lowest BCUT2D eigenvalue weighted by Gasteiger charge is -1.97. The second-order valence-corrected chi connectivity index (χ2v) is 10.9. The lowest BCUT2D eigenvalue weighted by atomic mass is 10.1. The first-order chi connectivity index (χ1) is 19.4. The van der Waals surface area contributed by atoms with E-state index in [1.807, 2.05) is 24.3 Å². The molecule has 0 saturated heterocycles. The van der Waals surface area contributed by atoms with Gasteiger partial charge in [0.1, 0.15) is 11.5 Å². The van der Waals surface area contributed by atoms with E-state index in [2.05, 4.69) is 20.2 Å². The summed E-state index contributed by atoms with van der Waals surface area (Å²) >= 11 is 2.48. The predicted octanol–water partition coefficient (Wildman–Crippen LogP) is 2.46. The monoisotopic (exact) mass is 564 g/mol. The van der Waals surface area contributed by atoms with Crippen molar-refractivity contribution >= 4 is 44.7 Å². The van der Waals surface area contributed by atoms with E-state index in [-0.39, 0.29) is 22.6 Å². The van der Waals surface area contributed by atoms with E-state index in [0.717, 1.165) is 22.3 Å². The van der Waals surface area contributed by atoms with E-state index in [0.29, 0.717) is 30.6 Å². The van der Waals surface area contributed by atoms with E-state index >= 15 is 0 Å². The standard InChI is InChI=1S/C28H16N6O4S2/c35-19-9-1-15(2-10-19)13-21-25(37)33-27(39-21)29-23(31-33)17-5-7-18(8-6-17)24-30-28-34(32-24)26(38)22(40-28)14-16-3-11-20(36)12-4-16/h1-14,35-36H/b21-13+,22-14+. The number of nitrogens with zero attached hydrogens (tertiary/aromatic N) is 6. The molecule has 12 heteroatoms. The topological polar surface area (TPSA) is 135 Å². The van der Waals surface area contributed by atoms with Crippen LogP contribution in [-0.4, -0.2) is 39.4 Å². The van der Waals surface area contributed by atoms with Crippen LogP contribution in [0.25, 0.3) is 44.8 Å². The highest BCUT2D eigenvalue weighted by Crippen LogP contribution is 2.22. The first-order valence-corrected chi connectivity index (χ1v) is 13.6. The summed E-state index contributed by atoms with van der Waals surface area (Å²) in [6.45, 7) is 0. The van der Waals surface area contributed by atoms with Gasteiger partial charge in [-0.3, -0.25) is 9.59 Å². The average Bonchev–Trinajstić information content (AvgIpc) is 3.70. The van der Waals surface area contributed by atoms with Gasteiger partial charge in [-0.25, -0.2) is 0 Å². The molecule has 4 heterocycles. The number of fused-ring (bicyclic) bond motifs is 2. The minimum absolute atomic E-state index is 0.159. The van der Waals surface area contributed by atoms with Crippen LogP contribution < -0.4 is 20.2 Å². The number of phenols is 2. The summed E-state index contributed by atoms with van der Waals surface area (Å²) in [5.41, 5.74) is 2.50. The largest absolute Gasteiger partial charge is 0.508 e. The van der Waals surface area contributed by atoms with Crippen LogP contribution in [0.5, 0.6) is 11.5 Å². The van der Waals surface area contributed by atoms with E-state index in [9.17, 15) is 19.8 Å². The predicted molar refractivity (Wildman–Crippen MR) is 152 cm³/mol. The van der Waals surface area contributed by atoms with Crippen LogP contribution in [0.15, 0.2) is 82.4 Å². The fourth-order valence-electron chi connectivity index (χ4n) is 4.12. The van der Waals surface area contributed by atoms with Crippen molar-refractivity contribution in [3.8, 4) is 34.3 Å². The van der Waals surface area contributed by atoms with Gasteiger partial charge < -0.3 is 10.2 Å². The molecule has 2 N–H and O–H groups in total. The van der Waals surface area contributed by atoms with Crippen LogP contribution in [0.1, 0.15) is 11.1 Å². The number of hydrogen-bond donors (Lipinski definition) is 2. The van der Waals surface area contributed by atoms with Gasteiger partial charge in [0.25, 0.3) is 11.1 Å². The number of aromatic hydroxyl groups is 2. The Balaban J connectivity index is 1.16. The van der Waals surface area contributed by atoms with Gasteiger partial charge in [0.2, 0.25) is 9.92 Å². The SMILES string of the molecule is O=c1/c(=C\c2ccc(O)cc2)sc2nc(-c3ccc(-c4nc5s/c(=C/c6ccc(O)cc6)c(=O)n5n4)cc3)nn12. The molecule has 0 atom stereocenters. The van der Waals surface area contributed by atoms with E-state index in [1.54, 1.807) is 60.7 Å². The van der Waals surface area contributed by atoms with Gasteiger partial charge >= 0.3 is 0 Å². The maximum Gasteiger partial charge on any atom is 0.291 e. The molecule has 194 valence electrons. The van der Waals surface area contributed by atoms with Crippen LogP contribution >= 0.6 is 22.7 Å². The van der Waals surface area contributed by atoms with E-state index in [1.165, 1.54) is 31.7 Å². The molecule has 0 fully saturated rings. The van der Waals surface area contributed by atoms with Gasteiger partial charge in [-0.15, -0.1) is 10.2 Å². The summed E-state index contributed by atoms with van der Waals surface area (Å²) in [5, 5.41) is 27.7. The quantitative estimate of drug-likeness (QED) is 0.333. The molecule has 10 nitrogen and oxygen atoms in total. The van der Waals surface area contributed by atoms with Gasteiger partial charge in [-0.2, -0.15) is 19.0 Å². The van der Waals surface area contributed by atoms with Crippen molar-refractivity contribution in [3.63, 3.8) is 0 Å². The smallest absolute Gasteiger partial charge is 0.291 e. The van der Waals surface area contributed by atoms with Crippen molar-refractivity contribution in [2.75, 3.05) is 0 Å². The summed E-state index contributed by atoms with van der Waals surface area (Å²) in [6.07, 6.45) is 3.48. The molecule has 0 unspecified atom stereocenters. The Morgan fingerprint density at radius 1 is 0.575 bits per heavy atom. The van der Waals surface area contributed by atoms with Crippen LogP contribution in [0.3, 0.4) is 0 Å². The van der Waals surface area contributed by atoms with Gasteiger partial charge in [0, 0.05) is 11.1 Å². The van der Waals surface area contributed by atoms with Crippen LogP contribution in [0.2, 0.25) is 0 Å². The number of phenolic OH excluding ortho intramolecular Hbond substituents is 2. The molecule has 0 radical (unpaired) electrons. The number of benzene rings is 3. The second kappa shape index (κ2) is 9.22. The Kier molecular flexibility index (Phi) is 5.51. The third kappa shape index (κ3) is 4.21. The molecule has 3 aromatic carbocycles. The number of hydrogen-bond acceptors (Lipinski definition) is 10. The van der Waals surface area contributed by atoms with Gasteiger partial charge in [-0.1, -0.05) is 71.2 Å². The molecule has 0 aliphatic heterocycles. The zero-order valence-corrected chi connectivity index (χ0v) is 21.9. The molecule has 7 aromatic rings. The summed E-state index contributed by atoms with van der Waals surface area (Å²) in [4.78, 5) is 35.7. The minimum atomic E-state index is -0.263. The zero-order valence-electron chi connectivity index (χ0n) is 20.3. The molecule has 4 aromatic heterocycles. The van der Waals surface area contributed by atoms with Crippen LogP contribution in [-0.2, 0) is 0 Å². The fourth-order valence-corrected chi connectivity index (χ4v) is 5.94. The summed E-state index contributed by atoms with van der Waals surface area (Å²) in [6, 6.07) is 20.4. The normalized spacial score (nSPS) is 12.7. The summed E-state index contributed by atoms with van der Waals surface area (Å²) in [7, 11) is 0. The summed E-state index contributed by atoms with van der Waals surface area (Å²) in [5.74, 6) is 1.15. The highest BCUT2D eigenvalue weighted by atomic mass is 32.1. The molecular weight excluding hydrogens is 548 g/mol. The Morgan fingerprint density at radius 3 is 1.30 bits per heavy atom. The lowest BCUT2D eigenvalue weighted by molar-refractivity contribution is 0.474. The first-order valence-electron chi connectivity index (χ1n) is 11.9. The zero-order chi connectivity index (χ0) is 27.4. The third-order valence-electron chi connectivity index (χ3n) is 6.15. The van der Waals surface area contributed by atoms with Crippen molar-refractivity contribution in [1.29, 1.82) is 0 Å². The van der Waals surface area contributed by atoms with Crippen LogP contribution in [0.4, 0.5) is 0 Å². The molecule has 0 aliphatic carbocycles. The highest BCUT2D eigenvalue weighted by molar-refractivity contribution is 7.15. The van der Waals surface area contributed by atoms with Crippen molar-refractivity contribution in [1.82, 2.24) is 29.2 Å². The summed E-state index contributed by atoms with van der Waals surface area (Å²) < 4.78 is 3.56. The molecule has 0 spiro atoms. The van der Waals surface area contributed by atoms with E-state index in [4.69, 9.17) is 0 Å². The number of rotatable bonds is 4. The molecule has 0 amide bonds. The molecule has 0 saturated carbocycles. The molecule has 40 heavy (non-hydrogen) atoms. The Labute approximate surface area is 231 Å². The van der Waals surface area contributed by atoms with Crippen molar-refractivity contribution in [2.45, 2.75) is 0 Å². The number of thiazole rings is 2. The molecule has 7 rings (SSSR count). The molecule has 0 bridgehead atoms. The number of aromatic nitrogens is 6. The molecule has 0 aliphatic rings. The Hall–Kier alpha value is -5.20. The van der Waals surface area contributed by atoms with E-state index < -0.39 is 0 Å². The van der Waals surface area contributed by atoms with Crippen molar-refractivity contribution < 1.29 is 10.2 Å². The second-order valence-electron chi connectivity index (χ2n) is 8.85. The maximum absolute atomic E-state index is 12.8. The minimum Gasteiger partial charge on any atom is -0.508 e. The van der Waals surface area contributed by atoms with Gasteiger partial charge in [0.15, 0.2) is 11.6 Å². The Morgan fingerprint density at radius 2 is 0.950 bits per heavy atom. The van der Waals surface area contributed by atoms with Crippen molar-refractivity contribution in [2.24, 2.45) is 0 Å². The van der Waals surface area contributed by atoms with Crippen molar-refractivity contribution in [3.05, 3.63) is 114 Å². The third-order valence-corrected chi connectivity index (χ3v) is 8.07. The fraction of sp³-hybridized carbons (Fsp3) is 0. The highest BCUT2D eigenvalue weighted by Gasteiger charge is 2.15. The van der Waals surface area contributed by atoms with Gasteiger partial charge in [-0.05, 0) is 47.5 Å². The first kappa shape index (κ1) is 23.9. The Bertz CT molecular complexity index is 2100. The average molecular weight is 565 g/mol.